The predicted octanol–water partition coefficient (Wildman–Crippen LogP) is 3.40. The van der Waals surface area contributed by atoms with Crippen LogP contribution >= 0.6 is 23.1 Å². The Kier molecular flexibility index (Phi) is 6.03. The average molecular weight is 230 g/mol. The molecule has 1 heterocycles. The summed E-state index contributed by atoms with van der Waals surface area (Å²) in [6, 6.07) is 0. The maximum absolute atomic E-state index is 4.35. The summed E-state index contributed by atoms with van der Waals surface area (Å²) < 4.78 is 0. The topological polar surface area (TPSA) is 24.9 Å². The predicted molar refractivity (Wildman–Crippen MR) is 67.6 cm³/mol. The molecule has 0 radical (unpaired) electrons. The van der Waals surface area contributed by atoms with Crippen molar-refractivity contribution < 1.29 is 0 Å². The summed E-state index contributed by atoms with van der Waals surface area (Å²) in [6.45, 7) is 3.08. The van der Waals surface area contributed by atoms with Gasteiger partial charge >= 0.3 is 0 Å². The fourth-order valence-electron chi connectivity index (χ4n) is 1.18. The van der Waals surface area contributed by atoms with Crippen LogP contribution in [-0.2, 0) is 0 Å². The van der Waals surface area contributed by atoms with Gasteiger partial charge in [0.25, 0.3) is 0 Å². The number of thiazole rings is 1. The molecular weight excluding hydrogens is 212 g/mol. The van der Waals surface area contributed by atoms with Crippen molar-refractivity contribution >= 4 is 28.2 Å². The van der Waals surface area contributed by atoms with E-state index < -0.39 is 0 Å². The molecule has 1 aromatic heterocycles. The molecule has 0 aliphatic carbocycles. The number of nitrogens with one attached hydrogen (secondary N) is 1. The molecule has 0 saturated heterocycles. The number of anilines is 1. The first kappa shape index (κ1) is 11.9. The van der Waals surface area contributed by atoms with Gasteiger partial charge in [-0.05, 0) is 31.8 Å². The van der Waals surface area contributed by atoms with Crippen molar-refractivity contribution in [3.63, 3.8) is 0 Å². The maximum Gasteiger partial charge on any atom is 0.182 e. The number of unbranched alkanes of at least 4 members (excludes halogenated alkanes) is 2. The molecule has 0 saturated carbocycles. The molecule has 1 aromatic rings. The van der Waals surface area contributed by atoms with Crippen molar-refractivity contribution in [2.45, 2.75) is 26.2 Å². The number of thioether (sulfide) groups is 1. The largest absolute Gasteiger partial charge is 0.362 e. The molecule has 0 spiro atoms. The SMILES string of the molecule is CSCCCCCNc1nc(C)cs1. The second-order valence-corrected chi connectivity index (χ2v) is 5.12. The van der Waals surface area contributed by atoms with Gasteiger partial charge in [-0.2, -0.15) is 11.8 Å². The lowest BCUT2D eigenvalue weighted by Gasteiger charge is -2.01. The van der Waals surface area contributed by atoms with Crippen molar-refractivity contribution in [1.29, 1.82) is 0 Å². The van der Waals surface area contributed by atoms with E-state index in [4.69, 9.17) is 0 Å². The summed E-state index contributed by atoms with van der Waals surface area (Å²) in [4.78, 5) is 4.35. The van der Waals surface area contributed by atoms with E-state index in [9.17, 15) is 0 Å². The zero-order valence-corrected chi connectivity index (χ0v) is 10.5. The lowest BCUT2D eigenvalue weighted by atomic mass is 10.2. The molecule has 0 bridgehead atoms. The Hall–Kier alpha value is -0.220. The van der Waals surface area contributed by atoms with E-state index in [0.29, 0.717) is 0 Å². The second kappa shape index (κ2) is 7.12. The fraction of sp³-hybridized carbons (Fsp3) is 0.700. The highest BCUT2D eigenvalue weighted by atomic mass is 32.2. The van der Waals surface area contributed by atoms with Crippen LogP contribution in [0.5, 0.6) is 0 Å². The van der Waals surface area contributed by atoms with E-state index >= 15 is 0 Å². The summed E-state index contributed by atoms with van der Waals surface area (Å²) in [5.41, 5.74) is 1.11. The van der Waals surface area contributed by atoms with Gasteiger partial charge in [0.05, 0.1) is 5.69 Å². The molecule has 0 amide bonds. The van der Waals surface area contributed by atoms with Gasteiger partial charge in [0, 0.05) is 11.9 Å². The Labute approximate surface area is 94.5 Å². The molecule has 0 unspecified atom stereocenters. The van der Waals surface area contributed by atoms with E-state index in [1.807, 2.05) is 18.7 Å². The molecule has 80 valence electrons. The van der Waals surface area contributed by atoms with Crippen LogP contribution in [0.4, 0.5) is 5.13 Å². The molecule has 2 nitrogen and oxygen atoms in total. The summed E-state index contributed by atoms with van der Waals surface area (Å²) in [5, 5.41) is 6.48. The van der Waals surface area contributed by atoms with Gasteiger partial charge in [-0.3, -0.25) is 0 Å². The minimum absolute atomic E-state index is 1.06. The highest BCUT2D eigenvalue weighted by molar-refractivity contribution is 7.98. The van der Waals surface area contributed by atoms with Crippen LogP contribution < -0.4 is 5.32 Å². The molecule has 0 fully saturated rings. The second-order valence-electron chi connectivity index (χ2n) is 3.27. The highest BCUT2D eigenvalue weighted by Gasteiger charge is 1.96. The third-order valence-electron chi connectivity index (χ3n) is 1.92. The van der Waals surface area contributed by atoms with Crippen LogP contribution in [-0.4, -0.2) is 23.5 Å². The van der Waals surface area contributed by atoms with E-state index in [2.05, 4.69) is 21.9 Å². The minimum Gasteiger partial charge on any atom is -0.362 e. The zero-order chi connectivity index (χ0) is 10.2. The minimum atomic E-state index is 1.06. The average Bonchev–Trinajstić information content (AvgIpc) is 2.58. The van der Waals surface area contributed by atoms with Gasteiger partial charge in [-0.25, -0.2) is 4.98 Å². The quantitative estimate of drug-likeness (QED) is 0.727. The molecular formula is C10H18N2S2. The molecule has 0 aliphatic heterocycles. The Morgan fingerprint density at radius 2 is 2.29 bits per heavy atom. The first-order chi connectivity index (χ1) is 6.83. The van der Waals surface area contributed by atoms with Crippen molar-refractivity contribution in [1.82, 2.24) is 4.98 Å². The number of rotatable bonds is 7. The van der Waals surface area contributed by atoms with Crippen molar-refractivity contribution in [3.8, 4) is 0 Å². The third-order valence-corrected chi connectivity index (χ3v) is 3.54. The number of hydrogen-bond donors (Lipinski definition) is 1. The summed E-state index contributed by atoms with van der Waals surface area (Å²) in [5.74, 6) is 1.29. The normalized spacial score (nSPS) is 10.4. The number of hydrogen-bond acceptors (Lipinski definition) is 4. The first-order valence-electron chi connectivity index (χ1n) is 4.98. The number of aryl methyl sites for hydroxylation is 1. The Balaban J connectivity index is 1.99. The molecule has 1 N–H and O–H groups in total. The molecule has 0 atom stereocenters. The van der Waals surface area contributed by atoms with Crippen molar-refractivity contribution in [3.05, 3.63) is 11.1 Å². The van der Waals surface area contributed by atoms with Crippen molar-refractivity contribution in [2.24, 2.45) is 0 Å². The van der Waals surface area contributed by atoms with Crippen molar-refractivity contribution in [2.75, 3.05) is 23.9 Å². The van der Waals surface area contributed by atoms with Crippen LogP contribution in [0.1, 0.15) is 25.0 Å². The van der Waals surface area contributed by atoms with Gasteiger partial charge in [0.15, 0.2) is 5.13 Å². The zero-order valence-electron chi connectivity index (χ0n) is 8.88. The molecule has 0 aromatic carbocycles. The molecule has 14 heavy (non-hydrogen) atoms. The van der Waals surface area contributed by atoms with Crippen LogP contribution in [0, 0.1) is 6.92 Å². The lowest BCUT2D eigenvalue weighted by Crippen LogP contribution is -2.01. The summed E-state index contributed by atoms with van der Waals surface area (Å²) in [7, 11) is 0. The molecule has 0 aliphatic rings. The lowest BCUT2D eigenvalue weighted by molar-refractivity contribution is 0.749. The van der Waals surface area contributed by atoms with Crippen LogP contribution in [0.25, 0.3) is 0 Å². The highest BCUT2D eigenvalue weighted by Crippen LogP contribution is 2.14. The van der Waals surface area contributed by atoms with E-state index in [0.717, 1.165) is 17.4 Å². The molecule has 4 heteroatoms. The smallest absolute Gasteiger partial charge is 0.182 e. The van der Waals surface area contributed by atoms with Crippen LogP contribution in [0.2, 0.25) is 0 Å². The third kappa shape index (κ3) is 4.86. The van der Waals surface area contributed by atoms with Gasteiger partial charge in [0.2, 0.25) is 0 Å². The summed E-state index contributed by atoms with van der Waals surface area (Å²) >= 11 is 3.62. The van der Waals surface area contributed by atoms with E-state index in [-0.39, 0.29) is 0 Å². The maximum atomic E-state index is 4.35. The van der Waals surface area contributed by atoms with Gasteiger partial charge in [-0.1, -0.05) is 6.42 Å². The Morgan fingerprint density at radius 3 is 2.93 bits per heavy atom. The van der Waals surface area contributed by atoms with E-state index in [1.54, 1.807) is 11.3 Å². The first-order valence-corrected chi connectivity index (χ1v) is 7.25. The number of nitrogens with zero attached hydrogens (tertiary/aromatic N) is 1. The van der Waals surface area contributed by atoms with E-state index in [1.165, 1.54) is 25.0 Å². The summed E-state index contributed by atoms with van der Waals surface area (Å²) in [6.07, 6.45) is 6.06. The van der Waals surface area contributed by atoms with Crippen LogP contribution in [0.3, 0.4) is 0 Å². The van der Waals surface area contributed by atoms with Crippen LogP contribution in [0.15, 0.2) is 5.38 Å². The Bertz CT molecular complexity index is 248. The van der Waals surface area contributed by atoms with Gasteiger partial charge in [0.1, 0.15) is 0 Å². The standard InChI is InChI=1S/C10H18N2S2/c1-9-8-14-10(12-9)11-6-4-3-5-7-13-2/h8H,3-7H2,1-2H3,(H,11,12). The van der Waals surface area contributed by atoms with Gasteiger partial charge < -0.3 is 5.32 Å². The molecule has 1 rings (SSSR count). The van der Waals surface area contributed by atoms with Gasteiger partial charge in [-0.15, -0.1) is 11.3 Å². The number of aromatic nitrogens is 1. The fourth-order valence-corrected chi connectivity index (χ4v) is 2.39. The Morgan fingerprint density at radius 1 is 1.43 bits per heavy atom. The monoisotopic (exact) mass is 230 g/mol.